The Labute approximate surface area is 94.8 Å². The van der Waals surface area contributed by atoms with Crippen LogP contribution < -0.4 is 10.5 Å². The van der Waals surface area contributed by atoms with Gasteiger partial charge >= 0.3 is 0 Å². The van der Waals surface area contributed by atoms with E-state index in [0.717, 1.165) is 19.3 Å². The maximum atomic E-state index is 8.58. The van der Waals surface area contributed by atoms with Crippen molar-refractivity contribution in [3.05, 3.63) is 23.2 Å². The fourth-order valence-corrected chi connectivity index (χ4v) is 1.37. The molecule has 0 aliphatic carbocycles. The van der Waals surface area contributed by atoms with Crippen molar-refractivity contribution in [2.75, 3.05) is 18.9 Å². The van der Waals surface area contributed by atoms with E-state index in [1.807, 2.05) is 0 Å². The fourth-order valence-electron chi connectivity index (χ4n) is 1.21. The van der Waals surface area contributed by atoms with Gasteiger partial charge in [0.2, 0.25) is 0 Å². The summed E-state index contributed by atoms with van der Waals surface area (Å²) in [6.07, 6.45) is 2.68. The topological polar surface area (TPSA) is 55.5 Å². The van der Waals surface area contributed by atoms with Crippen LogP contribution in [0.4, 0.5) is 5.69 Å². The van der Waals surface area contributed by atoms with Gasteiger partial charge in [0.15, 0.2) is 0 Å². The molecule has 0 heterocycles. The van der Waals surface area contributed by atoms with E-state index < -0.39 is 0 Å². The van der Waals surface area contributed by atoms with Gasteiger partial charge in [0.25, 0.3) is 0 Å². The number of aliphatic hydroxyl groups is 1. The van der Waals surface area contributed by atoms with Crippen molar-refractivity contribution in [3.63, 3.8) is 0 Å². The van der Waals surface area contributed by atoms with Crippen LogP contribution in [0.25, 0.3) is 0 Å². The fraction of sp³-hybridized carbons (Fsp3) is 0.455. The molecule has 84 valence electrons. The van der Waals surface area contributed by atoms with Gasteiger partial charge in [-0.1, -0.05) is 11.6 Å². The van der Waals surface area contributed by atoms with Crippen LogP contribution in [-0.2, 0) is 0 Å². The van der Waals surface area contributed by atoms with E-state index in [-0.39, 0.29) is 6.61 Å². The van der Waals surface area contributed by atoms with Crippen LogP contribution in [0.1, 0.15) is 19.3 Å². The first-order valence-electron chi connectivity index (χ1n) is 5.02. The van der Waals surface area contributed by atoms with Gasteiger partial charge < -0.3 is 15.6 Å². The van der Waals surface area contributed by atoms with Crippen molar-refractivity contribution >= 4 is 17.3 Å². The van der Waals surface area contributed by atoms with Crippen LogP contribution in [-0.4, -0.2) is 18.3 Å². The molecule has 0 aromatic heterocycles. The third-order valence-corrected chi connectivity index (χ3v) is 2.27. The molecule has 0 radical (unpaired) electrons. The molecule has 0 atom stereocenters. The molecule has 0 amide bonds. The van der Waals surface area contributed by atoms with Crippen molar-refractivity contribution in [1.29, 1.82) is 0 Å². The van der Waals surface area contributed by atoms with Crippen LogP contribution in [0.15, 0.2) is 18.2 Å². The number of benzene rings is 1. The highest BCUT2D eigenvalue weighted by molar-refractivity contribution is 6.30. The summed E-state index contributed by atoms with van der Waals surface area (Å²) >= 11 is 5.81. The maximum Gasteiger partial charge on any atom is 0.143 e. The van der Waals surface area contributed by atoms with Gasteiger partial charge in [-0.25, -0.2) is 0 Å². The van der Waals surface area contributed by atoms with Gasteiger partial charge in [-0.2, -0.15) is 0 Å². The third-order valence-electron chi connectivity index (χ3n) is 2.04. The highest BCUT2D eigenvalue weighted by atomic mass is 35.5. The van der Waals surface area contributed by atoms with E-state index in [2.05, 4.69) is 0 Å². The first kappa shape index (κ1) is 12.1. The normalized spacial score (nSPS) is 10.3. The summed E-state index contributed by atoms with van der Waals surface area (Å²) in [6, 6.07) is 5.17. The van der Waals surface area contributed by atoms with Gasteiger partial charge in [0.05, 0.1) is 12.3 Å². The average molecular weight is 230 g/mol. The molecule has 0 fully saturated rings. The van der Waals surface area contributed by atoms with Crippen LogP contribution in [0.3, 0.4) is 0 Å². The minimum atomic E-state index is 0.235. The Bertz CT molecular complexity index is 305. The summed E-state index contributed by atoms with van der Waals surface area (Å²) in [6.45, 7) is 0.837. The van der Waals surface area contributed by atoms with E-state index in [4.69, 9.17) is 27.2 Å². The first-order valence-corrected chi connectivity index (χ1v) is 5.40. The Balaban J connectivity index is 2.33. The molecule has 4 heteroatoms. The van der Waals surface area contributed by atoms with Gasteiger partial charge in [0, 0.05) is 17.7 Å². The summed E-state index contributed by atoms with van der Waals surface area (Å²) in [5.41, 5.74) is 6.31. The number of aliphatic hydroxyl groups excluding tert-OH is 1. The lowest BCUT2D eigenvalue weighted by atomic mass is 10.2. The zero-order chi connectivity index (χ0) is 11.1. The van der Waals surface area contributed by atoms with Crippen molar-refractivity contribution in [2.24, 2.45) is 0 Å². The number of unbranched alkanes of at least 4 members (excludes halogenated alkanes) is 2. The summed E-state index contributed by atoms with van der Waals surface area (Å²) < 4.78 is 5.47. The number of nitrogen functional groups attached to an aromatic ring is 1. The molecule has 1 aromatic carbocycles. The zero-order valence-corrected chi connectivity index (χ0v) is 9.33. The summed E-state index contributed by atoms with van der Waals surface area (Å²) in [7, 11) is 0. The standard InChI is InChI=1S/C11H16ClNO2/c12-9-4-5-10(13)11(8-9)15-7-3-1-2-6-14/h4-5,8,14H,1-3,6-7,13H2. The van der Waals surface area contributed by atoms with Crippen LogP contribution in [0.5, 0.6) is 5.75 Å². The molecule has 0 aliphatic heterocycles. The van der Waals surface area contributed by atoms with E-state index >= 15 is 0 Å². The lowest BCUT2D eigenvalue weighted by molar-refractivity contribution is 0.266. The predicted octanol–water partition coefficient (Wildman–Crippen LogP) is 2.46. The molecule has 3 nitrogen and oxygen atoms in total. The molecule has 0 unspecified atom stereocenters. The molecule has 3 N–H and O–H groups in total. The van der Waals surface area contributed by atoms with Crippen molar-refractivity contribution < 1.29 is 9.84 Å². The van der Waals surface area contributed by atoms with E-state index in [1.165, 1.54) is 0 Å². The van der Waals surface area contributed by atoms with E-state index in [0.29, 0.717) is 23.1 Å². The molecule has 0 bridgehead atoms. The largest absolute Gasteiger partial charge is 0.491 e. The van der Waals surface area contributed by atoms with Crippen LogP contribution in [0.2, 0.25) is 5.02 Å². The van der Waals surface area contributed by atoms with E-state index in [1.54, 1.807) is 18.2 Å². The quantitative estimate of drug-likeness (QED) is 0.582. The molecular formula is C11H16ClNO2. The Morgan fingerprint density at radius 3 is 2.80 bits per heavy atom. The summed E-state index contributed by atoms with van der Waals surface area (Å²) in [4.78, 5) is 0. The number of ether oxygens (including phenoxy) is 1. The first-order chi connectivity index (χ1) is 7.24. The number of anilines is 1. The molecule has 0 spiro atoms. The Hall–Kier alpha value is -0.930. The maximum absolute atomic E-state index is 8.58. The second-order valence-corrected chi connectivity index (χ2v) is 3.75. The highest BCUT2D eigenvalue weighted by Crippen LogP contribution is 2.25. The van der Waals surface area contributed by atoms with Gasteiger partial charge in [-0.15, -0.1) is 0 Å². The van der Waals surface area contributed by atoms with Crippen LogP contribution in [0, 0.1) is 0 Å². The number of halogens is 1. The molecule has 15 heavy (non-hydrogen) atoms. The molecule has 0 aliphatic rings. The molecule has 1 aromatic rings. The number of hydrogen-bond acceptors (Lipinski definition) is 3. The highest BCUT2D eigenvalue weighted by Gasteiger charge is 2.00. The molecule has 0 saturated heterocycles. The number of nitrogens with two attached hydrogens (primary N) is 1. The smallest absolute Gasteiger partial charge is 0.143 e. The SMILES string of the molecule is Nc1ccc(Cl)cc1OCCCCCO. The second-order valence-electron chi connectivity index (χ2n) is 3.31. The van der Waals surface area contributed by atoms with Crippen molar-refractivity contribution in [1.82, 2.24) is 0 Å². The van der Waals surface area contributed by atoms with E-state index in [9.17, 15) is 0 Å². The Morgan fingerprint density at radius 1 is 1.27 bits per heavy atom. The van der Waals surface area contributed by atoms with Gasteiger partial charge in [0.1, 0.15) is 5.75 Å². The molecule has 1 rings (SSSR count). The zero-order valence-electron chi connectivity index (χ0n) is 8.58. The third kappa shape index (κ3) is 4.40. The minimum Gasteiger partial charge on any atom is -0.491 e. The summed E-state index contributed by atoms with van der Waals surface area (Å²) in [5.74, 6) is 0.631. The number of hydrogen-bond donors (Lipinski definition) is 2. The lowest BCUT2D eigenvalue weighted by Crippen LogP contribution is -2.00. The van der Waals surface area contributed by atoms with Crippen LogP contribution >= 0.6 is 11.6 Å². The van der Waals surface area contributed by atoms with Gasteiger partial charge in [-0.05, 0) is 31.4 Å². The Morgan fingerprint density at radius 2 is 2.07 bits per heavy atom. The number of rotatable bonds is 6. The minimum absolute atomic E-state index is 0.235. The molecular weight excluding hydrogens is 214 g/mol. The van der Waals surface area contributed by atoms with Gasteiger partial charge in [-0.3, -0.25) is 0 Å². The predicted molar refractivity (Wildman–Crippen MR) is 62.3 cm³/mol. The lowest BCUT2D eigenvalue weighted by Gasteiger charge is -2.08. The molecule has 0 saturated carbocycles. The monoisotopic (exact) mass is 229 g/mol. The second kappa shape index (κ2) is 6.53. The van der Waals surface area contributed by atoms with Crippen molar-refractivity contribution in [3.8, 4) is 5.75 Å². The average Bonchev–Trinajstić information content (AvgIpc) is 2.23. The van der Waals surface area contributed by atoms with Crippen molar-refractivity contribution in [2.45, 2.75) is 19.3 Å². The Kier molecular flexibility index (Phi) is 5.29. The summed E-state index contributed by atoms with van der Waals surface area (Å²) in [5, 5.41) is 9.20.